The van der Waals surface area contributed by atoms with Crippen LogP contribution >= 0.6 is 28.3 Å². The second-order valence-electron chi connectivity index (χ2n) is 3.67. The second kappa shape index (κ2) is 8.50. The largest absolute Gasteiger partial charge is 0.325 e. The van der Waals surface area contributed by atoms with Gasteiger partial charge in [-0.3, -0.25) is 4.79 Å². The molecule has 0 fully saturated rings. The normalized spacial score (nSPS) is 11.5. The molecule has 0 aliphatic heterocycles. The van der Waals surface area contributed by atoms with Crippen LogP contribution in [-0.4, -0.2) is 18.5 Å². The molecule has 1 atom stereocenters. The summed E-state index contributed by atoms with van der Waals surface area (Å²) in [5.41, 5.74) is 0.818. The molecule has 0 saturated heterocycles. The zero-order chi connectivity index (χ0) is 12.0. The quantitative estimate of drug-likeness (QED) is 0.874. The highest BCUT2D eigenvalue weighted by Crippen LogP contribution is 2.14. The highest BCUT2D eigenvalue weighted by Gasteiger charge is 2.11. The van der Waals surface area contributed by atoms with Crippen LogP contribution in [-0.2, 0) is 4.79 Å². The van der Waals surface area contributed by atoms with Gasteiger partial charge in [0.05, 0.1) is 6.04 Å². The number of benzene rings is 1. The number of amides is 1. The number of hydrogen-bond donors (Lipinski definition) is 2. The predicted octanol–water partition coefficient (Wildman–Crippen LogP) is 3.20. The van der Waals surface area contributed by atoms with Gasteiger partial charge in [-0.15, -0.1) is 12.4 Å². The summed E-state index contributed by atoms with van der Waals surface area (Å²) in [6.07, 6.45) is 1.02. The zero-order valence-corrected chi connectivity index (χ0v) is 12.4. The molecular formula is C12H18BrClN2O. The molecule has 0 heterocycles. The van der Waals surface area contributed by atoms with Gasteiger partial charge in [-0.25, -0.2) is 0 Å². The molecule has 1 amide bonds. The molecule has 96 valence electrons. The first-order valence-electron chi connectivity index (χ1n) is 5.43. The average molecular weight is 322 g/mol. The number of rotatable bonds is 5. The van der Waals surface area contributed by atoms with E-state index in [-0.39, 0.29) is 24.4 Å². The van der Waals surface area contributed by atoms with Gasteiger partial charge in [-0.05, 0) is 44.2 Å². The summed E-state index contributed by atoms with van der Waals surface area (Å²) in [6, 6.07) is 7.38. The Hall–Kier alpha value is -0.580. The molecule has 5 heteroatoms. The van der Waals surface area contributed by atoms with Crippen LogP contribution in [0.5, 0.6) is 0 Å². The van der Waals surface area contributed by atoms with E-state index in [2.05, 4.69) is 33.5 Å². The molecule has 0 aliphatic rings. The number of anilines is 1. The summed E-state index contributed by atoms with van der Waals surface area (Å²) in [5.74, 6) is -0.00391. The van der Waals surface area contributed by atoms with E-state index in [1.54, 1.807) is 0 Å². The lowest BCUT2D eigenvalue weighted by atomic mass is 10.2. The van der Waals surface area contributed by atoms with Crippen LogP contribution in [0.15, 0.2) is 28.7 Å². The minimum Gasteiger partial charge on any atom is -0.325 e. The summed E-state index contributed by atoms with van der Waals surface area (Å²) < 4.78 is 1.00. The monoisotopic (exact) mass is 320 g/mol. The Morgan fingerprint density at radius 3 is 2.47 bits per heavy atom. The molecule has 1 unspecified atom stereocenters. The molecule has 1 aromatic carbocycles. The molecule has 0 radical (unpaired) electrons. The van der Waals surface area contributed by atoms with E-state index < -0.39 is 0 Å². The molecular weight excluding hydrogens is 304 g/mol. The second-order valence-corrected chi connectivity index (χ2v) is 4.59. The third-order valence-corrected chi connectivity index (χ3v) is 2.73. The van der Waals surface area contributed by atoms with Gasteiger partial charge in [-0.1, -0.05) is 22.9 Å². The van der Waals surface area contributed by atoms with Gasteiger partial charge in [0.15, 0.2) is 0 Å². The van der Waals surface area contributed by atoms with E-state index in [9.17, 15) is 4.79 Å². The van der Waals surface area contributed by atoms with E-state index in [1.165, 1.54) is 0 Å². The number of carbonyl (C=O) groups is 1. The van der Waals surface area contributed by atoms with Gasteiger partial charge in [0.1, 0.15) is 0 Å². The smallest absolute Gasteiger partial charge is 0.241 e. The van der Waals surface area contributed by atoms with Gasteiger partial charge in [0, 0.05) is 10.2 Å². The summed E-state index contributed by atoms with van der Waals surface area (Å²) in [5, 5.41) is 6.00. The molecule has 0 saturated carbocycles. The van der Waals surface area contributed by atoms with Crippen molar-refractivity contribution in [2.75, 3.05) is 11.9 Å². The van der Waals surface area contributed by atoms with E-state index in [4.69, 9.17) is 0 Å². The van der Waals surface area contributed by atoms with Crippen LogP contribution in [0.3, 0.4) is 0 Å². The Morgan fingerprint density at radius 1 is 1.35 bits per heavy atom. The minimum atomic E-state index is -0.163. The Labute approximate surface area is 117 Å². The standard InChI is InChI=1S/C12H17BrN2O.ClH/c1-3-8-14-9(2)12(16)15-11-6-4-10(13)5-7-11;/h4-7,9,14H,3,8H2,1-2H3,(H,15,16);1H. The lowest BCUT2D eigenvalue weighted by Crippen LogP contribution is -2.38. The lowest BCUT2D eigenvalue weighted by Gasteiger charge is -2.13. The molecule has 2 N–H and O–H groups in total. The third-order valence-electron chi connectivity index (χ3n) is 2.21. The van der Waals surface area contributed by atoms with Crippen molar-refractivity contribution >= 4 is 39.9 Å². The molecule has 3 nitrogen and oxygen atoms in total. The maximum absolute atomic E-state index is 11.7. The Kier molecular flexibility index (Phi) is 8.21. The summed E-state index contributed by atoms with van der Waals surface area (Å²) >= 11 is 3.35. The van der Waals surface area contributed by atoms with Gasteiger partial charge in [0.25, 0.3) is 0 Å². The maximum atomic E-state index is 11.7. The van der Waals surface area contributed by atoms with E-state index in [1.807, 2.05) is 31.2 Å². The Balaban J connectivity index is 0.00000256. The van der Waals surface area contributed by atoms with Gasteiger partial charge in [-0.2, -0.15) is 0 Å². The van der Waals surface area contributed by atoms with Gasteiger partial charge < -0.3 is 10.6 Å². The summed E-state index contributed by atoms with van der Waals surface area (Å²) in [4.78, 5) is 11.7. The SMILES string of the molecule is CCCNC(C)C(=O)Nc1ccc(Br)cc1.Cl. The van der Waals surface area contributed by atoms with Crippen LogP contribution < -0.4 is 10.6 Å². The number of carbonyl (C=O) groups excluding carboxylic acids is 1. The van der Waals surface area contributed by atoms with E-state index in [0.29, 0.717) is 0 Å². The highest BCUT2D eigenvalue weighted by atomic mass is 79.9. The highest BCUT2D eigenvalue weighted by molar-refractivity contribution is 9.10. The fourth-order valence-electron chi connectivity index (χ4n) is 1.24. The lowest BCUT2D eigenvalue weighted by molar-refractivity contribution is -0.117. The topological polar surface area (TPSA) is 41.1 Å². The molecule has 0 aromatic heterocycles. The van der Waals surface area contributed by atoms with E-state index in [0.717, 1.165) is 23.1 Å². The summed E-state index contributed by atoms with van der Waals surface area (Å²) in [7, 11) is 0. The first-order valence-corrected chi connectivity index (χ1v) is 6.22. The fraction of sp³-hybridized carbons (Fsp3) is 0.417. The van der Waals surface area contributed by atoms with Crippen LogP contribution in [0, 0.1) is 0 Å². The third kappa shape index (κ3) is 6.05. The molecule has 0 bridgehead atoms. The maximum Gasteiger partial charge on any atom is 0.241 e. The van der Waals surface area contributed by atoms with Crippen molar-refractivity contribution in [2.24, 2.45) is 0 Å². The summed E-state index contributed by atoms with van der Waals surface area (Å²) in [6.45, 7) is 4.80. The number of halogens is 2. The van der Waals surface area contributed by atoms with Crippen molar-refractivity contribution in [2.45, 2.75) is 26.3 Å². The molecule has 1 aromatic rings. The van der Waals surface area contributed by atoms with Crippen molar-refractivity contribution in [3.63, 3.8) is 0 Å². The molecule has 0 spiro atoms. The van der Waals surface area contributed by atoms with Crippen molar-refractivity contribution in [1.82, 2.24) is 5.32 Å². The van der Waals surface area contributed by atoms with Crippen molar-refractivity contribution in [3.8, 4) is 0 Å². The van der Waals surface area contributed by atoms with E-state index >= 15 is 0 Å². The van der Waals surface area contributed by atoms with Crippen molar-refractivity contribution in [1.29, 1.82) is 0 Å². The minimum absolute atomic E-state index is 0. The molecule has 0 aliphatic carbocycles. The average Bonchev–Trinajstić information content (AvgIpc) is 2.29. The fourth-order valence-corrected chi connectivity index (χ4v) is 1.50. The van der Waals surface area contributed by atoms with Crippen LogP contribution in [0.25, 0.3) is 0 Å². The van der Waals surface area contributed by atoms with Crippen LogP contribution in [0.2, 0.25) is 0 Å². The number of nitrogens with one attached hydrogen (secondary N) is 2. The first kappa shape index (κ1) is 16.4. The zero-order valence-electron chi connectivity index (χ0n) is 10.00. The van der Waals surface area contributed by atoms with Gasteiger partial charge in [0.2, 0.25) is 5.91 Å². The first-order chi connectivity index (χ1) is 7.63. The predicted molar refractivity (Wildman–Crippen MR) is 77.8 cm³/mol. The van der Waals surface area contributed by atoms with Gasteiger partial charge >= 0.3 is 0 Å². The Morgan fingerprint density at radius 2 is 1.94 bits per heavy atom. The van der Waals surface area contributed by atoms with Crippen molar-refractivity contribution < 1.29 is 4.79 Å². The Bertz CT molecular complexity index is 343. The number of hydrogen-bond acceptors (Lipinski definition) is 2. The molecule has 17 heavy (non-hydrogen) atoms. The van der Waals surface area contributed by atoms with Crippen LogP contribution in [0.1, 0.15) is 20.3 Å². The molecule has 1 rings (SSSR count). The van der Waals surface area contributed by atoms with Crippen LogP contribution in [0.4, 0.5) is 5.69 Å². The van der Waals surface area contributed by atoms with Crippen molar-refractivity contribution in [3.05, 3.63) is 28.7 Å².